The summed E-state index contributed by atoms with van der Waals surface area (Å²) in [5, 5.41) is 2.88. The molecule has 0 spiro atoms. The average Bonchev–Trinajstić information content (AvgIpc) is 3.22. The fraction of sp³-hybridized carbons (Fsp3) is 0.467. The second-order valence-electron chi connectivity index (χ2n) is 10.7. The summed E-state index contributed by atoms with van der Waals surface area (Å²) in [5.74, 6) is 0. The van der Waals surface area contributed by atoms with Gasteiger partial charge in [-0.3, -0.25) is 0 Å². The molecular weight excluding hydrogens is 539 g/mol. The van der Waals surface area contributed by atoms with Crippen LogP contribution in [-0.4, -0.2) is 0 Å². The zero-order chi connectivity index (χ0) is 22.6. The molecule has 0 nitrogen and oxygen atoms in total. The van der Waals surface area contributed by atoms with Crippen LogP contribution in [0.4, 0.5) is 0 Å². The van der Waals surface area contributed by atoms with E-state index in [0.29, 0.717) is 3.17 Å². The molecule has 0 amide bonds. The van der Waals surface area contributed by atoms with E-state index in [0.717, 1.165) is 0 Å². The number of hydrogen-bond donors (Lipinski definition) is 0. The number of rotatable bonds is 6. The summed E-state index contributed by atoms with van der Waals surface area (Å²) in [5.41, 5.74) is 11.4. The Balaban J connectivity index is 1.94. The normalized spacial score (nSPS) is 18.6. The van der Waals surface area contributed by atoms with Gasteiger partial charge < -0.3 is 0 Å². The molecule has 0 saturated carbocycles. The number of hydrogen-bond acceptors (Lipinski definition) is 0. The fourth-order valence-corrected chi connectivity index (χ4v) is 22.7. The Kier molecular flexibility index (Phi) is 6.14. The zero-order valence-corrected chi connectivity index (χ0v) is 24.6. The first-order valence-electron chi connectivity index (χ1n) is 12.3. The van der Waals surface area contributed by atoms with Gasteiger partial charge in [-0.25, -0.2) is 0 Å². The van der Waals surface area contributed by atoms with Crippen LogP contribution in [-0.2, 0) is 26.4 Å². The minimum atomic E-state index is -2.95. The standard InChI is InChI=1S/C18H19.C10H15.2CH3.Hf/c1-2-3-4-8-15-12-13-16-11-10-14-7-5-6-9-17(14)18(15)16;1-6-7(2)9(4)10(5)8(6)3;;;/h5-7,9-11H,2-4,8,13H2,1H3;1-5H3;2*1H3;. The zero-order valence-electron chi connectivity index (χ0n) is 21.0. The first-order valence-corrected chi connectivity index (χ1v) is 23.0. The van der Waals surface area contributed by atoms with Crippen LogP contribution in [0, 0.1) is 0 Å². The van der Waals surface area contributed by atoms with E-state index in [2.05, 4.69) is 87.3 Å². The molecule has 0 aromatic heterocycles. The molecule has 0 fully saturated rings. The van der Waals surface area contributed by atoms with Gasteiger partial charge in [-0.15, -0.1) is 0 Å². The first kappa shape index (κ1) is 23.0. The molecule has 0 N–H and O–H groups in total. The molecule has 2 aromatic rings. The second kappa shape index (κ2) is 8.29. The molecule has 31 heavy (non-hydrogen) atoms. The molecule has 0 bridgehead atoms. The van der Waals surface area contributed by atoms with E-state index in [-0.39, 0.29) is 0 Å². The van der Waals surface area contributed by atoms with E-state index in [4.69, 9.17) is 0 Å². The minimum absolute atomic E-state index is 0.296. The molecule has 1 heteroatoms. The SMILES string of the molecule is CCCCCC1=[C]([Hf]([CH3])([CH3])[C]2(C)C(C)=C(C)C(C)=C2C)Cc2ccc3ccccc3c21. The van der Waals surface area contributed by atoms with Crippen LogP contribution in [0.1, 0.15) is 78.4 Å². The summed E-state index contributed by atoms with van der Waals surface area (Å²) >= 11 is -2.95. The van der Waals surface area contributed by atoms with Gasteiger partial charge in [-0.05, 0) is 0 Å². The maximum absolute atomic E-state index is 2.95. The summed E-state index contributed by atoms with van der Waals surface area (Å²) < 4.78 is 7.69. The predicted molar refractivity (Wildman–Crippen MR) is 136 cm³/mol. The van der Waals surface area contributed by atoms with Gasteiger partial charge in [-0.1, -0.05) is 0 Å². The molecule has 0 radical (unpaired) electrons. The van der Waals surface area contributed by atoms with Gasteiger partial charge in [0.25, 0.3) is 0 Å². The quantitative estimate of drug-likeness (QED) is 0.236. The number of unbranched alkanes of at least 4 members (excludes halogenated alkanes) is 2. The third kappa shape index (κ3) is 3.33. The molecule has 0 heterocycles. The molecule has 2 aliphatic rings. The Morgan fingerprint density at radius 2 is 1.52 bits per heavy atom. The topological polar surface area (TPSA) is 0 Å². The van der Waals surface area contributed by atoms with Crippen molar-refractivity contribution in [3.05, 3.63) is 73.1 Å². The monoisotopic (exact) mass is 580 g/mol. The van der Waals surface area contributed by atoms with E-state index >= 15 is 0 Å². The Hall–Kier alpha value is -1.21. The van der Waals surface area contributed by atoms with E-state index < -0.39 is 20.0 Å². The van der Waals surface area contributed by atoms with Crippen LogP contribution in [0.25, 0.3) is 16.3 Å². The summed E-state index contributed by atoms with van der Waals surface area (Å²) in [4.78, 5) is 0. The van der Waals surface area contributed by atoms with Crippen molar-refractivity contribution in [2.24, 2.45) is 0 Å². The maximum atomic E-state index is 2.75. The Morgan fingerprint density at radius 3 is 2.16 bits per heavy atom. The van der Waals surface area contributed by atoms with Gasteiger partial charge in [0.2, 0.25) is 0 Å². The Morgan fingerprint density at radius 1 is 0.871 bits per heavy atom. The van der Waals surface area contributed by atoms with Crippen LogP contribution in [0.15, 0.2) is 62.0 Å². The molecule has 0 unspecified atom stereocenters. The van der Waals surface area contributed by atoms with Crippen LogP contribution in [0.2, 0.25) is 12.5 Å². The molecule has 0 aliphatic heterocycles. The van der Waals surface area contributed by atoms with Crippen LogP contribution < -0.4 is 0 Å². The van der Waals surface area contributed by atoms with Crippen molar-refractivity contribution in [2.45, 2.75) is 86.2 Å². The van der Waals surface area contributed by atoms with Crippen molar-refractivity contribution in [1.82, 2.24) is 0 Å². The van der Waals surface area contributed by atoms with Gasteiger partial charge in [0.15, 0.2) is 0 Å². The predicted octanol–water partition coefficient (Wildman–Crippen LogP) is 9.80. The third-order valence-corrected chi connectivity index (χ3v) is 28.1. The summed E-state index contributed by atoms with van der Waals surface area (Å²) in [6.45, 7) is 14.5. The second-order valence-corrected chi connectivity index (χ2v) is 28.1. The molecule has 2 aromatic carbocycles. The van der Waals surface area contributed by atoms with Crippen LogP contribution in [0.5, 0.6) is 0 Å². The van der Waals surface area contributed by atoms with E-state index in [1.54, 1.807) is 39.0 Å². The summed E-state index contributed by atoms with van der Waals surface area (Å²) in [6, 6.07) is 13.9. The van der Waals surface area contributed by atoms with Crippen molar-refractivity contribution in [3.63, 3.8) is 0 Å². The van der Waals surface area contributed by atoms with Crippen molar-refractivity contribution in [1.29, 1.82) is 0 Å². The van der Waals surface area contributed by atoms with Gasteiger partial charge in [0.1, 0.15) is 0 Å². The fourth-order valence-electron chi connectivity index (χ4n) is 6.53. The van der Waals surface area contributed by atoms with E-state index in [1.807, 2.05) is 3.33 Å². The number of allylic oxidation sites excluding steroid dienone is 6. The van der Waals surface area contributed by atoms with Crippen molar-refractivity contribution in [2.75, 3.05) is 0 Å². The first-order chi connectivity index (χ1) is 14.7. The van der Waals surface area contributed by atoms with Crippen molar-refractivity contribution < 1.29 is 20.0 Å². The van der Waals surface area contributed by atoms with Crippen molar-refractivity contribution >= 4 is 16.3 Å². The summed E-state index contributed by atoms with van der Waals surface area (Å²) in [6.07, 6.45) is 6.40. The molecule has 4 rings (SSSR count). The third-order valence-electron chi connectivity index (χ3n) is 9.27. The number of benzene rings is 2. The summed E-state index contributed by atoms with van der Waals surface area (Å²) in [7, 11) is 0. The van der Waals surface area contributed by atoms with Gasteiger partial charge in [-0.2, -0.15) is 0 Å². The number of fused-ring (bicyclic) bond motifs is 3. The molecule has 2 aliphatic carbocycles. The molecular formula is C30H40Hf. The molecule has 0 saturated heterocycles. The van der Waals surface area contributed by atoms with E-state index in [9.17, 15) is 0 Å². The Bertz CT molecular complexity index is 1110. The van der Waals surface area contributed by atoms with Gasteiger partial charge in [0, 0.05) is 0 Å². The van der Waals surface area contributed by atoms with Gasteiger partial charge >= 0.3 is 196 Å². The van der Waals surface area contributed by atoms with Crippen molar-refractivity contribution in [3.8, 4) is 0 Å². The molecule has 164 valence electrons. The van der Waals surface area contributed by atoms with E-state index in [1.165, 1.54) is 42.9 Å². The molecule has 0 atom stereocenters. The van der Waals surface area contributed by atoms with Crippen LogP contribution >= 0.6 is 0 Å². The Labute approximate surface area is 194 Å². The van der Waals surface area contributed by atoms with Crippen LogP contribution in [0.3, 0.4) is 0 Å². The van der Waals surface area contributed by atoms with Gasteiger partial charge in [0.05, 0.1) is 0 Å². The average molecular weight is 579 g/mol.